The van der Waals surface area contributed by atoms with Crippen LogP contribution in [0.4, 0.5) is 8.78 Å². The molecule has 4 nitrogen and oxygen atoms in total. The van der Waals surface area contributed by atoms with E-state index in [2.05, 4.69) is 5.32 Å². The number of carbonyl (C=O) groups is 2. The molecule has 2 atom stereocenters. The van der Waals surface area contributed by atoms with Gasteiger partial charge in [-0.15, -0.1) is 0 Å². The number of carboxylic acids is 1. The molecule has 0 radical (unpaired) electrons. The summed E-state index contributed by atoms with van der Waals surface area (Å²) in [6.45, 7) is 0.912. The van der Waals surface area contributed by atoms with Crippen molar-refractivity contribution in [2.24, 2.45) is 11.8 Å². The van der Waals surface area contributed by atoms with Crippen LogP contribution >= 0.6 is 0 Å². The Balaban J connectivity index is 2.46. The number of carboxylic acid groups (broad SMARTS) is 1. The van der Waals surface area contributed by atoms with E-state index in [1.165, 1.54) is 6.92 Å². The van der Waals surface area contributed by atoms with Gasteiger partial charge in [0.2, 0.25) is 5.91 Å². The fourth-order valence-electron chi connectivity index (χ4n) is 1.23. The highest BCUT2D eigenvalue weighted by Gasteiger charge is 2.72. The molecular weight excluding hydrogens is 184 g/mol. The first kappa shape index (κ1) is 9.88. The molecule has 0 aromatic heterocycles. The topological polar surface area (TPSA) is 66.4 Å². The monoisotopic (exact) mass is 193 g/mol. The van der Waals surface area contributed by atoms with Gasteiger partial charge in [0.1, 0.15) is 5.92 Å². The summed E-state index contributed by atoms with van der Waals surface area (Å²) in [6, 6.07) is 0. The lowest BCUT2D eigenvalue weighted by Crippen LogP contribution is -2.24. The van der Waals surface area contributed by atoms with Crippen LogP contribution in [0.1, 0.15) is 6.92 Å². The number of amides is 1. The van der Waals surface area contributed by atoms with Gasteiger partial charge in [0.05, 0.1) is 5.92 Å². The molecule has 0 unspecified atom stereocenters. The Hall–Kier alpha value is -1.20. The minimum Gasteiger partial charge on any atom is -0.481 e. The lowest BCUT2D eigenvalue weighted by Gasteiger charge is -1.97. The Morgan fingerprint density at radius 1 is 1.54 bits per heavy atom. The molecule has 1 fully saturated rings. The summed E-state index contributed by atoms with van der Waals surface area (Å²) < 4.78 is 25.3. The number of hydrogen-bond donors (Lipinski definition) is 2. The van der Waals surface area contributed by atoms with Gasteiger partial charge < -0.3 is 10.4 Å². The molecule has 1 aliphatic carbocycles. The number of halogens is 2. The van der Waals surface area contributed by atoms with Crippen molar-refractivity contribution in [3.8, 4) is 0 Å². The fraction of sp³-hybridized carbons (Fsp3) is 0.714. The maximum atomic E-state index is 12.6. The number of aliphatic carboxylic acids is 1. The van der Waals surface area contributed by atoms with E-state index in [4.69, 9.17) is 5.11 Å². The molecule has 6 heteroatoms. The summed E-state index contributed by atoms with van der Waals surface area (Å²) in [5.41, 5.74) is 0. The number of alkyl halides is 2. The standard InChI is InChI=1S/C7H9F2NO3/c1-3(11)10-2-4-5(6(12)13)7(4,8)9/h4-5H,2H2,1H3,(H,10,11)(H,12,13)/t4-,5+/m1/s1. The predicted molar refractivity (Wildman–Crippen MR) is 38.2 cm³/mol. The van der Waals surface area contributed by atoms with Crippen molar-refractivity contribution in [2.45, 2.75) is 12.8 Å². The molecule has 0 saturated heterocycles. The Kier molecular flexibility index (Phi) is 2.23. The molecule has 74 valence electrons. The van der Waals surface area contributed by atoms with E-state index in [1.54, 1.807) is 0 Å². The quantitative estimate of drug-likeness (QED) is 0.667. The fourth-order valence-corrected chi connectivity index (χ4v) is 1.23. The average molecular weight is 193 g/mol. The molecule has 1 saturated carbocycles. The van der Waals surface area contributed by atoms with Gasteiger partial charge in [0.25, 0.3) is 5.92 Å². The van der Waals surface area contributed by atoms with Gasteiger partial charge in [-0.05, 0) is 0 Å². The van der Waals surface area contributed by atoms with Gasteiger partial charge in [-0.25, -0.2) is 8.78 Å². The lowest BCUT2D eigenvalue weighted by molar-refractivity contribution is -0.141. The second-order valence-corrected chi connectivity index (χ2v) is 3.03. The third-order valence-electron chi connectivity index (χ3n) is 2.04. The minimum absolute atomic E-state index is 0.278. The Bertz CT molecular complexity index is 254. The molecule has 0 aliphatic heterocycles. The van der Waals surface area contributed by atoms with Gasteiger partial charge in [-0.2, -0.15) is 0 Å². The van der Waals surface area contributed by atoms with Gasteiger partial charge in [0.15, 0.2) is 0 Å². The molecular formula is C7H9F2NO3. The first-order valence-electron chi connectivity index (χ1n) is 3.72. The summed E-state index contributed by atoms with van der Waals surface area (Å²) in [5.74, 6) is -8.02. The number of carbonyl (C=O) groups excluding carboxylic acids is 1. The van der Waals surface area contributed by atoms with E-state index in [-0.39, 0.29) is 6.54 Å². The van der Waals surface area contributed by atoms with Crippen molar-refractivity contribution in [3.63, 3.8) is 0 Å². The van der Waals surface area contributed by atoms with Crippen molar-refractivity contribution in [1.82, 2.24) is 5.32 Å². The van der Waals surface area contributed by atoms with E-state index in [1.807, 2.05) is 0 Å². The number of nitrogens with one attached hydrogen (secondary N) is 1. The summed E-state index contributed by atoms with van der Waals surface area (Å²) in [4.78, 5) is 20.6. The zero-order valence-electron chi connectivity index (χ0n) is 6.88. The number of hydrogen-bond acceptors (Lipinski definition) is 2. The van der Waals surface area contributed by atoms with E-state index in [0.717, 1.165) is 0 Å². The molecule has 0 aromatic carbocycles. The van der Waals surface area contributed by atoms with Crippen molar-refractivity contribution in [3.05, 3.63) is 0 Å². The van der Waals surface area contributed by atoms with Crippen LogP contribution in [0.3, 0.4) is 0 Å². The predicted octanol–water partition coefficient (Wildman–Crippen LogP) is 0.0884. The molecule has 1 amide bonds. The molecule has 13 heavy (non-hydrogen) atoms. The molecule has 1 rings (SSSR count). The second-order valence-electron chi connectivity index (χ2n) is 3.03. The minimum atomic E-state index is -3.17. The van der Waals surface area contributed by atoms with Crippen LogP contribution in [0.15, 0.2) is 0 Å². The molecule has 0 bridgehead atoms. The van der Waals surface area contributed by atoms with Gasteiger partial charge in [-0.3, -0.25) is 9.59 Å². The number of rotatable bonds is 3. The van der Waals surface area contributed by atoms with E-state index < -0.39 is 29.6 Å². The normalized spacial score (nSPS) is 29.5. The summed E-state index contributed by atoms with van der Waals surface area (Å²) in [7, 11) is 0. The Morgan fingerprint density at radius 3 is 2.38 bits per heavy atom. The van der Waals surface area contributed by atoms with Crippen molar-refractivity contribution in [1.29, 1.82) is 0 Å². The van der Waals surface area contributed by atoms with Crippen molar-refractivity contribution in [2.75, 3.05) is 6.54 Å². The molecule has 0 spiro atoms. The van der Waals surface area contributed by atoms with E-state index >= 15 is 0 Å². The van der Waals surface area contributed by atoms with Crippen LogP contribution in [0.5, 0.6) is 0 Å². The highest BCUT2D eigenvalue weighted by Crippen LogP contribution is 2.54. The van der Waals surface area contributed by atoms with E-state index in [9.17, 15) is 18.4 Å². The lowest BCUT2D eigenvalue weighted by atomic mass is 10.3. The molecule has 1 aliphatic rings. The smallest absolute Gasteiger partial charge is 0.313 e. The van der Waals surface area contributed by atoms with Crippen molar-refractivity contribution >= 4 is 11.9 Å². The van der Waals surface area contributed by atoms with Crippen LogP contribution in [-0.4, -0.2) is 29.5 Å². The highest BCUT2D eigenvalue weighted by molar-refractivity contribution is 5.77. The highest BCUT2D eigenvalue weighted by atomic mass is 19.3. The van der Waals surface area contributed by atoms with Crippen LogP contribution in [0, 0.1) is 11.8 Å². The second kappa shape index (κ2) is 2.93. The third-order valence-corrected chi connectivity index (χ3v) is 2.04. The summed E-state index contributed by atoms with van der Waals surface area (Å²) >= 11 is 0. The zero-order chi connectivity index (χ0) is 10.2. The molecule has 2 N–H and O–H groups in total. The average Bonchev–Trinajstić information content (AvgIpc) is 2.48. The van der Waals surface area contributed by atoms with Crippen LogP contribution in [0.2, 0.25) is 0 Å². The van der Waals surface area contributed by atoms with Crippen LogP contribution in [-0.2, 0) is 9.59 Å². The summed E-state index contributed by atoms with van der Waals surface area (Å²) in [5, 5.41) is 10.5. The van der Waals surface area contributed by atoms with Gasteiger partial charge in [-0.1, -0.05) is 0 Å². The van der Waals surface area contributed by atoms with Gasteiger partial charge >= 0.3 is 5.97 Å². The molecule has 0 heterocycles. The van der Waals surface area contributed by atoms with E-state index in [0.29, 0.717) is 0 Å². The first-order valence-corrected chi connectivity index (χ1v) is 3.72. The largest absolute Gasteiger partial charge is 0.481 e. The van der Waals surface area contributed by atoms with Crippen molar-refractivity contribution < 1.29 is 23.5 Å². The maximum Gasteiger partial charge on any atom is 0.313 e. The van der Waals surface area contributed by atoms with Crippen LogP contribution < -0.4 is 5.32 Å². The van der Waals surface area contributed by atoms with Gasteiger partial charge in [0, 0.05) is 13.5 Å². The molecule has 0 aromatic rings. The van der Waals surface area contributed by atoms with Crippen LogP contribution in [0.25, 0.3) is 0 Å². The zero-order valence-corrected chi connectivity index (χ0v) is 6.88. The SMILES string of the molecule is CC(=O)NC[C@@H]1[C@@H](C(=O)O)C1(F)F. The Labute approximate surface area is 72.9 Å². The summed E-state index contributed by atoms with van der Waals surface area (Å²) in [6.07, 6.45) is 0. The third kappa shape index (κ3) is 1.76. The first-order chi connectivity index (χ1) is 5.87. The maximum absolute atomic E-state index is 12.6. The Morgan fingerprint density at radius 2 is 2.08 bits per heavy atom.